The lowest BCUT2D eigenvalue weighted by Crippen LogP contribution is -2.30. The lowest BCUT2D eigenvalue weighted by atomic mass is 10.1. The highest BCUT2D eigenvalue weighted by Crippen LogP contribution is 2.36. The van der Waals surface area contributed by atoms with Crippen molar-refractivity contribution in [2.24, 2.45) is 0 Å². The standard InChI is InChI=1S/C11H11BrClN3O3/c1-4-7(17)8(18)11(19-4)16-2-5(12)6-9(13)14-3-15-10(6)16/h2-4,7-8,11,17-18H,1H3/t4-,7+,8+,11-/m1/s1. The van der Waals surface area contributed by atoms with Gasteiger partial charge in [-0.05, 0) is 22.9 Å². The Balaban J connectivity index is 2.14. The Morgan fingerprint density at radius 3 is 2.74 bits per heavy atom. The molecule has 0 aromatic carbocycles. The van der Waals surface area contributed by atoms with Gasteiger partial charge in [-0.1, -0.05) is 11.6 Å². The summed E-state index contributed by atoms with van der Waals surface area (Å²) in [6.45, 7) is 1.70. The molecule has 1 aliphatic heterocycles. The van der Waals surface area contributed by atoms with Crippen molar-refractivity contribution in [3.63, 3.8) is 0 Å². The molecule has 2 aromatic heterocycles. The maximum atomic E-state index is 10.0. The molecule has 6 nitrogen and oxygen atoms in total. The molecule has 0 spiro atoms. The molecule has 0 radical (unpaired) electrons. The van der Waals surface area contributed by atoms with Crippen LogP contribution in [0.5, 0.6) is 0 Å². The summed E-state index contributed by atoms with van der Waals surface area (Å²) < 4.78 is 7.92. The summed E-state index contributed by atoms with van der Waals surface area (Å²) in [7, 11) is 0. The van der Waals surface area contributed by atoms with Crippen molar-refractivity contribution in [3.05, 3.63) is 22.1 Å². The van der Waals surface area contributed by atoms with E-state index in [1.807, 2.05) is 0 Å². The molecule has 1 fully saturated rings. The normalized spacial score (nSPS) is 31.2. The molecule has 0 saturated carbocycles. The smallest absolute Gasteiger partial charge is 0.164 e. The molecule has 3 heterocycles. The van der Waals surface area contributed by atoms with Crippen molar-refractivity contribution in [2.45, 2.75) is 31.5 Å². The predicted molar refractivity (Wildman–Crippen MR) is 71.8 cm³/mol. The van der Waals surface area contributed by atoms with E-state index in [4.69, 9.17) is 16.3 Å². The summed E-state index contributed by atoms with van der Waals surface area (Å²) in [4.78, 5) is 8.07. The number of halogens is 2. The Bertz CT molecular complexity index is 635. The lowest BCUT2D eigenvalue weighted by Gasteiger charge is -2.17. The van der Waals surface area contributed by atoms with Gasteiger partial charge in [0.15, 0.2) is 6.23 Å². The zero-order chi connectivity index (χ0) is 13.7. The fourth-order valence-electron chi connectivity index (χ4n) is 2.26. The van der Waals surface area contributed by atoms with Gasteiger partial charge in [-0.15, -0.1) is 0 Å². The summed E-state index contributed by atoms with van der Waals surface area (Å²) in [5.41, 5.74) is 0.539. The molecule has 4 atom stereocenters. The van der Waals surface area contributed by atoms with Crippen LogP contribution in [0.15, 0.2) is 17.0 Å². The molecule has 0 bridgehead atoms. The third-order valence-corrected chi connectivity index (χ3v) is 4.16. The van der Waals surface area contributed by atoms with Crippen molar-refractivity contribution in [1.82, 2.24) is 14.5 Å². The topological polar surface area (TPSA) is 80.4 Å². The van der Waals surface area contributed by atoms with Crippen LogP contribution < -0.4 is 0 Å². The Kier molecular flexibility index (Phi) is 3.26. The first-order valence-electron chi connectivity index (χ1n) is 5.69. The molecule has 8 heteroatoms. The van der Waals surface area contributed by atoms with Gasteiger partial charge in [-0.25, -0.2) is 9.97 Å². The van der Waals surface area contributed by atoms with Gasteiger partial charge in [-0.3, -0.25) is 0 Å². The van der Waals surface area contributed by atoms with Crippen molar-refractivity contribution < 1.29 is 14.9 Å². The quantitative estimate of drug-likeness (QED) is 0.763. The van der Waals surface area contributed by atoms with Crippen LogP contribution in [0, 0.1) is 0 Å². The minimum atomic E-state index is -1.02. The van der Waals surface area contributed by atoms with Crippen molar-refractivity contribution >= 4 is 38.6 Å². The fraction of sp³-hybridized carbons (Fsp3) is 0.455. The van der Waals surface area contributed by atoms with E-state index in [1.54, 1.807) is 17.7 Å². The molecule has 3 rings (SSSR count). The third-order valence-electron chi connectivity index (χ3n) is 3.27. The number of hydrogen-bond donors (Lipinski definition) is 2. The number of ether oxygens (including phenoxy) is 1. The summed E-state index contributed by atoms with van der Waals surface area (Å²) in [6.07, 6.45) is -0.0540. The number of rotatable bonds is 1. The van der Waals surface area contributed by atoms with E-state index in [2.05, 4.69) is 25.9 Å². The van der Waals surface area contributed by atoms with E-state index in [0.29, 0.717) is 20.7 Å². The Morgan fingerprint density at radius 2 is 2.11 bits per heavy atom. The summed E-state index contributed by atoms with van der Waals surface area (Å²) in [6, 6.07) is 0. The van der Waals surface area contributed by atoms with E-state index in [9.17, 15) is 10.2 Å². The highest BCUT2D eigenvalue weighted by atomic mass is 79.9. The molecular formula is C11H11BrClN3O3. The molecule has 2 N–H and O–H groups in total. The largest absolute Gasteiger partial charge is 0.388 e. The van der Waals surface area contributed by atoms with Gasteiger partial charge in [-0.2, -0.15) is 0 Å². The van der Waals surface area contributed by atoms with Crippen LogP contribution in [0.4, 0.5) is 0 Å². The van der Waals surface area contributed by atoms with Crippen LogP contribution in [0.3, 0.4) is 0 Å². The minimum absolute atomic E-state index is 0.316. The second kappa shape index (κ2) is 4.68. The van der Waals surface area contributed by atoms with E-state index < -0.39 is 24.5 Å². The monoisotopic (exact) mass is 347 g/mol. The van der Waals surface area contributed by atoms with Gasteiger partial charge >= 0.3 is 0 Å². The summed E-state index contributed by atoms with van der Waals surface area (Å²) in [5.74, 6) is 0. The first-order valence-corrected chi connectivity index (χ1v) is 6.86. The maximum absolute atomic E-state index is 10.0. The highest BCUT2D eigenvalue weighted by molar-refractivity contribution is 9.10. The molecule has 102 valence electrons. The second-order valence-electron chi connectivity index (χ2n) is 4.46. The van der Waals surface area contributed by atoms with Crippen molar-refractivity contribution in [1.29, 1.82) is 0 Å². The summed E-state index contributed by atoms with van der Waals surface area (Å²) in [5, 5.41) is 20.8. The number of fused-ring (bicyclic) bond motifs is 1. The van der Waals surface area contributed by atoms with Gasteiger partial charge in [0.25, 0.3) is 0 Å². The number of nitrogens with zero attached hydrogens (tertiary/aromatic N) is 3. The fourth-order valence-corrected chi connectivity index (χ4v) is 3.19. The first-order chi connectivity index (χ1) is 9.00. The van der Waals surface area contributed by atoms with Crippen molar-refractivity contribution in [3.8, 4) is 0 Å². The van der Waals surface area contributed by atoms with Crippen LogP contribution in [0.1, 0.15) is 13.2 Å². The molecule has 19 heavy (non-hydrogen) atoms. The average Bonchev–Trinajstić information content (AvgIpc) is 2.83. The number of aromatic nitrogens is 3. The number of hydrogen-bond acceptors (Lipinski definition) is 5. The average molecular weight is 349 g/mol. The van der Waals surface area contributed by atoms with Crippen LogP contribution in [-0.4, -0.2) is 43.1 Å². The molecule has 0 amide bonds. The van der Waals surface area contributed by atoms with Gasteiger partial charge in [0.2, 0.25) is 0 Å². The molecule has 2 aromatic rings. The Morgan fingerprint density at radius 1 is 1.37 bits per heavy atom. The van der Waals surface area contributed by atoms with Crippen molar-refractivity contribution in [2.75, 3.05) is 0 Å². The van der Waals surface area contributed by atoms with Gasteiger partial charge in [0.05, 0.1) is 11.5 Å². The zero-order valence-electron chi connectivity index (χ0n) is 9.86. The number of aliphatic hydroxyl groups excluding tert-OH is 2. The zero-order valence-corrected chi connectivity index (χ0v) is 12.2. The first kappa shape index (κ1) is 13.3. The van der Waals surface area contributed by atoms with Gasteiger partial charge < -0.3 is 19.5 Å². The SMILES string of the molecule is C[C@H]1O[C@@H](n2cc(Br)c3c(Cl)ncnc32)[C@@H](O)[C@H]1O. The molecule has 1 saturated heterocycles. The second-order valence-corrected chi connectivity index (χ2v) is 5.67. The van der Waals surface area contributed by atoms with E-state index in [1.165, 1.54) is 6.33 Å². The highest BCUT2D eigenvalue weighted by Gasteiger charge is 2.42. The molecule has 1 aliphatic rings. The van der Waals surface area contributed by atoms with E-state index in [-0.39, 0.29) is 0 Å². The Labute approximate surface area is 122 Å². The van der Waals surface area contributed by atoms with Gasteiger partial charge in [0.1, 0.15) is 29.3 Å². The van der Waals surface area contributed by atoms with Crippen LogP contribution in [0.2, 0.25) is 5.15 Å². The van der Waals surface area contributed by atoms with Gasteiger partial charge in [0, 0.05) is 10.7 Å². The minimum Gasteiger partial charge on any atom is -0.388 e. The molecule has 0 unspecified atom stereocenters. The Hall–Kier alpha value is -0.730. The van der Waals surface area contributed by atoms with Crippen LogP contribution in [0.25, 0.3) is 11.0 Å². The predicted octanol–water partition coefficient (Wildman–Crippen LogP) is 1.49. The summed E-state index contributed by atoms with van der Waals surface area (Å²) >= 11 is 9.41. The number of aliphatic hydroxyl groups is 2. The third kappa shape index (κ3) is 1.96. The van der Waals surface area contributed by atoms with E-state index >= 15 is 0 Å². The lowest BCUT2D eigenvalue weighted by molar-refractivity contribution is -0.0297. The maximum Gasteiger partial charge on any atom is 0.164 e. The van der Waals surface area contributed by atoms with Crippen LogP contribution in [-0.2, 0) is 4.74 Å². The molecule has 0 aliphatic carbocycles. The van der Waals surface area contributed by atoms with Crippen LogP contribution >= 0.6 is 27.5 Å². The molecular weight excluding hydrogens is 337 g/mol. The van der Waals surface area contributed by atoms with E-state index in [0.717, 1.165) is 0 Å².